The van der Waals surface area contributed by atoms with Gasteiger partial charge in [-0.15, -0.1) is 11.6 Å². The molecule has 0 saturated heterocycles. The molecule has 0 heterocycles. The van der Waals surface area contributed by atoms with Crippen molar-refractivity contribution < 1.29 is 9.13 Å². The average molecular weight is 288 g/mol. The molecule has 0 radical (unpaired) electrons. The molecule has 108 valence electrons. The lowest BCUT2D eigenvalue weighted by Gasteiger charge is -2.19. The summed E-state index contributed by atoms with van der Waals surface area (Å²) >= 11 is 6.34. The molecule has 0 bridgehead atoms. The number of rotatable bonds is 8. The van der Waals surface area contributed by atoms with Crippen molar-refractivity contribution in [2.24, 2.45) is 5.92 Å². The van der Waals surface area contributed by atoms with E-state index in [1.54, 1.807) is 6.07 Å². The lowest BCUT2D eigenvalue weighted by atomic mass is 9.99. The number of benzene rings is 1. The Morgan fingerprint density at radius 2 is 2.00 bits per heavy atom. The first-order chi connectivity index (χ1) is 9.12. The number of hydrogen-bond acceptors (Lipinski definition) is 2. The van der Waals surface area contributed by atoms with Crippen molar-refractivity contribution in [1.29, 1.82) is 0 Å². The Balaban J connectivity index is 2.43. The van der Waals surface area contributed by atoms with Crippen LogP contribution in [0.2, 0.25) is 0 Å². The van der Waals surface area contributed by atoms with Gasteiger partial charge in [0.15, 0.2) is 11.6 Å². The molecule has 1 rings (SSSR count). The van der Waals surface area contributed by atoms with Crippen molar-refractivity contribution >= 4 is 11.6 Å². The molecule has 2 nitrogen and oxygen atoms in total. The predicted octanol–water partition coefficient (Wildman–Crippen LogP) is 3.97. The molecule has 4 heteroatoms. The summed E-state index contributed by atoms with van der Waals surface area (Å²) in [6.07, 6.45) is 2.17. The summed E-state index contributed by atoms with van der Waals surface area (Å²) in [6, 6.07) is 4.99. The standard InChI is InChI=1S/C15H23ClFNO/c1-4-12(5-2)13(16)10-18-9-11-6-7-15(19-3)14(17)8-11/h6-8,12-13,18H,4-5,9-10H2,1-3H3. The van der Waals surface area contributed by atoms with Crippen LogP contribution in [-0.2, 0) is 6.54 Å². The van der Waals surface area contributed by atoms with E-state index >= 15 is 0 Å². The van der Waals surface area contributed by atoms with Crippen molar-refractivity contribution in [3.8, 4) is 5.75 Å². The second-order valence-electron chi connectivity index (χ2n) is 4.69. The smallest absolute Gasteiger partial charge is 0.165 e. The average Bonchev–Trinajstić information content (AvgIpc) is 2.40. The number of methoxy groups -OCH3 is 1. The van der Waals surface area contributed by atoms with Gasteiger partial charge in [-0.2, -0.15) is 0 Å². The van der Waals surface area contributed by atoms with Crippen molar-refractivity contribution in [2.45, 2.75) is 38.6 Å². The minimum absolute atomic E-state index is 0.123. The molecule has 0 amide bonds. The summed E-state index contributed by atoms with van der Waals surface area (Å²) in [5.41, 5.74) is 0.895. The lowest BCUT2D eigenvalue weighted by Crippen LogP contribution is -2.28. The summed E-state index contributed by atoms with van der Waals surface area (Å²) in [6.45, 7) is 5.66. The van der Waals surface area contributed by atoms with E-state index in [1.165, 1.54) is 13.2 Å². The Kier molecular flexibility index (Phi) is 7.17. The fourth-order valence-corrected chi connectivity index (χ4v) is 2.61. The summed E-state index contributed by atoms with van der Waals surface area (Å²) in [7, 11) is 1.46. The quantitative estimate of drug-likeness (QED) is 0.731. The second kappa shape index (κ2) is 8.39. The molecule has 0 saturated carbocycles. The molecule has 1 unspecified atom stereocenters. The summed E-state index contributed by atoms with van der Waals surface area (Å²) in [4.78, 5) is 0. The Morgan fingerprint density at radius 1 is 1.32 bits per heavy atom. The normalized spacial score (nSPS) is 12.7. The molecule has 1 aromatic carbocycles. The van der Waals surface area contributed by atoms with Crippen LogP contribution >= 0.6 is 11.6 Å². The maximum absolute atomic E-state index is 13.5. The molecule has 1 N–H and O–H groups in total. The highest BCUT2D eigenvalue weighted by molar-refractivity contribution is 6.21. The highest BCUT2D eigenvalue weighted by atomic mass is 35.5. The highest BCUT2D eigenvalue weighted by Gasteiger charge is 2.15. The molecular formula is C15H23ClFNO. The highest BCUT2D eigenvalue weighted by Crippen LogP contribution is 2.19. The summed E-state index contributed by atoms with van der Waals surface area (Å²) in [5, 5.41) is 3.40. The van der Waals surface area contributed by atoms with Crippen LogP contribution in [0.15, 0.2) is 18.2 Å². The second-order valence-corrected chi connectivity index (χ2v) is 5.25. The number of hydrogen-bond donors (Lipinski definition) is 1. The predicted molar refractivity (Wildman–Crippen MR) is 78.4 cm³/mol. The number of nitrogens with one attached hydrogen (secondary N) is 1. The molecule has 0 aliphatic rings. The van der Waals surface area contributed by atoms with Gasteiger partial charge in [0.05, 0.1) is 7.11 Å². The minimum Gasteiger partial charge on any atom is -0.494 e. The van der Waals surface area contributed by atoms with Crippen molar-refractivity contribution in [2.75, 3.05) is 13.7 Å². The zero-order valence-corrected chi connectivity index (χ0v) is 12.6. The third-order valence-corrected chi connectivity index (χ3v) is 3.96. The molecule has 0 aliphatic heterocycles. The van der Waals surface area contributed by atoms with Gasteiger partial charge in [0.25, 0.3) is 0 Å². The van der Waals surface area contributed by atoms with Gasteiger partial charge in [-0.3, -0.25) is 0 Å². The van der Waals surface area contributed by atoms with Crippen molar-refractivity contribution in [3.63, 3.8) is 0 Å². The van der Waals surface area contributed by atoms with Gasteiger partial charge in [-0.05, 0) is 23.6 Å². The van der Waals surface area contributed by atoms with E-state index in [0.29, 0.717) is 12.5 Å². The Morgan fingerprint density at radius 3 is 2.53 bits per heavy atom. The fourth-order valence-electron chi connectivity index (χ4n) is 2.14. The maximum Gasteiger partial charge on any atom is 0.165 e. The van der Waals surface area contributed by atoms with Gasteiger partial charge >= 0.3 is 0 Å². The van der Waals surface area contributed by atoms with Crippen LogP contribution < -0.4 is 10.1 Å². The SMILES string of the molecule is CCC(CC)C(Cl)CNCc1ccc(OC)c(F)c1. The van der Waals surface area contributed by atoms with E-state index in [9.17, 15) is 4.39 Å². The molecule has 0 spiro atoms. The Labute approximate surface area is 120 Å². The van der Waals surface area contributed by atoms with Crippen LogP contribution in [-0.4, -0.2) is 19.0 Å². The molecule has 19 heavy (non-hydrogen) atoms. The first-order valence-corrected chi connectivity index (χ1v) is 7.23. The van der Waals surface area contributed by atoms with Crippen molar-refractivity contribution in [1.82, 2.24) is 5.32 Å². The summed E-state index contributed by atoms with van der Waals surface area (Å²) < 4.78 is 18.4. The van der Waals surface area contributed by atoms with Crippen LogP contribution in [0.3, 0.4) is 0 Å². The van der Waals surface area contributed by atoms with Gasteiger partial charge in [-0.25, -0.2) is 4.39 Å². The van der Waals surface area contributed by atoms with E-state index in [2.05, 4.69) is 19.2 Å². The zero-order valence-electron chi connectivity index (χ0n) is 11.9. The summed E-state index contributed by atoms with van der Waals surface area (Å²) in [5.74, 6) is 0.474. The van der Waals surface area contributed by atoms with Crippen LogP contribution in [0.4, 0.5) is 4.39 Å². The van der Waals surface area contributed by atoms with Crippen LogP contribution in [0.5, 0.6) is 5.75 Å². The maximum atomic E-state index is 13.5. The van der Waals surface area contributed by atoms with Gasteiger partial charge in [0.1, 0.15) is 0 Å². The molecule has 0 aliphatic carbocycles. The number of ether oxygens (including phenoxy) is 1. The van der Waals surface area contributed by atoms with E-state index < -0.39 is 0 Å². The van der Waals surface area contributed by atoms with E-state index in [1.807, 2.05) is 6.07 Å². The third kappa shape index (κ3) is 5.00. The number of alkyl halides is 1. The topological polar surface area (TPSA) is 21.3 Å². The van der Waals surface area contributed by atoms with E-state index in [4.69, 9.17) is 16.3 Å². The molecule has 1 atom stereocenters. The van der Waals surface area contributed by atoms with Gasteiger partial charge < -0.3 is 10.1 Å². The first-order valence-electron chi connectivity index (χ1n) is 6.79. The van der Waals surface area contributed by atoms with Gasteiger partial charge in [-0.1, -0.05) is 32.8 Å². The van der Waals surface area contributed by atoms with Gasteiger partial charge in [0.2, 0.25) is 0 Å². The first kappa shape index (κ1) is 16.3. The van der Waals surface area contributed by atoms with Gasteiger partial charge in [0, 0.05) is 18.5 Å². The molecular weight excluding hydrogens is 265 g/mol. The van der Waals surface area contributed by atoms with E-state index in [-0.39, 0.29) is 16.9 Å². The van der Waals surface area contributed by atoms with Crippen LogP contribution in [0.25, 0.3) is 0 Å². The largest absolute Gasteiger partial charge is 0.494 e. The molecule has 1 aromatic rings. The zero-order chi connectivity index (χ0) is 14.3. The molecule has 0 aromatic heterocycles. The lowest BCUT2D eigenvalue weighted by molar-refractivity contribution is 0.386. The third-order valence-electron chi connectivity index (χ3n) is 3.44. The van der Waals surface area contributed by atoms with E-state index in [0.717, 1.165) is 24.9 Å². The van der Waals surface area contributed by atoms with Crippen molar-refractivity contribution in [3.05, 3.63) is 29.6 Å². The molecule has 0 fully saturated rings. The Bertz CT molecular complexity index is 382. The fraction of sp³-hybridized carbons (Fsp3) is 0.600. The van der Waals surface area contributed by atoms with Crippen LogP contribution in [0, 0.1) is 11.7 Å². The Hall–Kier alpha value is -0.800. The van der Waals surface area contributed by atoms with Crippen LogP contribution in [0.1, 0.15) is 32.3 Å². The monoisotopic (exact) mass is 287 g/mol. The minimum atomic E-state index is -0.329. The number of halogens is 2.